The second kappa shape index (κ2) is 9.92. The molecule has 0 bridgehead atoms. The molecular weight excluding hydrogens is 208 g/mol. The molecule has 0 atom stereocenters. The van der Waals surface area contributed by atoms with Crippen molar-refractivity contribution in [2.24, 2.45) is 5.73 Å². The summed E-state index contributed by atoms with van der Waals surface area (Å²) in [6, 6.07) is 0. The van der Waals surface area contributed by atoms with Crippen molar-refractivity contribution in [3.8, 4) is 0 Å². The lowest BCUT2D eigenvalue weighted by atomic mass is 10.3. The minimum Gasteiger partial charge on any atom is -0.463 e. The zero-order valence-electron chi connectivity index (χ0n) is 10.2. The normalized spacial score (nSPS) is 8.75. The lowest BCUT2D eigenvalue weighted by molar-refractivity contribution is -0.138. The molecule has 5 nitrogen and oxygen atoms in total. The first-order valence-electron chi connectivity index (χ1n) is 4.76. The molecule has 0 aliphatic carbocycles. The van der Waals surface area contributed by atoms with Gasteiger partial charge in [-0.25, -0.2) is 4.79 Å². The third-order valence-electron chi connectivity index (χ3n) is 1.27. The van der Waals surface area contributed by atoms with Gasteiger partial charge < -0.3 is 15.4 Å². The van der Waals surface area contributed by atoms with Crippen molar-refractivity contribution in [1.82, 2.24) is 4.90 Å². The molecule has 2 N–H and O–H groups in total. The Morgan fingerprint density at radius 2 is 1.88 bits per heavy atom. The number of amides is 1. The minimum atomic E-state index is -0.481. The van der Waals surface area contributed by atoms with Crippen LogP contribution in [0.4, 0.5) is 0 Å². The first kappa shape index (κ1) is 16.8. The zero-order chi connectivity index (χ0) is 13.1. The smallest absolute Gasteiger partial charge is 0.334 e. The van der Waals surface area contributed by atoms with Gasteiger partial charge in [0.1, 0.15) is 0 Å². The van der Waals surface area contributed by atoms with Crippen LogP contribution in [0.5, 0.6) is 0 Å². The van der Waals surface area contributed by atoms with Crippen molar-refractivity contribution in [2.45, 2.75) is 6.92 Å². The molecule has 0 fully saturated rings. The summed E-state index contributed by atoms with van der Waals surface area (Å²) >= 11 is 0. The van der Waals surface area contributed by atoms with E-state index in [1.165, 1.54) is 0 Å². The summed E-state index contributed by atoms with van der Waals surface area (Å²) in [5, 5.41) is 0. The molecule has 0 aliphatic rings. The Hall–Kier alpha value is -1.62. The Kier molecular flexibility index (Phi) is 10.4. The fourth-order valence-corrected chi connectivity index (χ4v) is 0.679. The van der Waals surface area contributed by atoms with Gasteiger partial charge in [0.2, 0.25) is 5.91 Å². The molecule has 0 spiro atoms. The number of nitrogens with zero attached hydrogens (tertiary/aromatic N) is 1. The lowest BCUT2D eigenvalue weighted by Gasteiger charge is -2.10. The number of carbonyl (C=O) groups is 2. The van der Waals surface area contributed by atoms with Gasteiger partial charge in [0.15, 0.2) is 0 Å². The fraction of sp³-hybridized carbons (Fsp3) is 0.455. The Bertz CT molecular complexity index is 260. The van der Waals surface area contributed by atoms with E-state index >= 15 is 0 Å². The van der Waals surface area contributed by atoms with E-state index in [-0.39, 0.29) is 5.97 Å². The largest absolute Gasteiger partial charge is 0.463 e. The van der Waals surface area contributed by atoms with Crippen LogP contribution in [0.2, 0.25) is 0 Å². The van der Waals surface area contributed by atoms with Gasteiger partial charge in [0.25, 0.3) is 0 Å². The topological polar surface area (TPSA) is 72.6 Å². The molecule has 92 valence electrons. The summed E-state index contributed by atoms with van der Waals surface area (Å²) in [7, 11) is 3.76. The minimum absolute atomic E-state index is 0.304. The van der Waals surface area contributed by atoms with Crippen LogP contribution in [0, 0.1) is 0 Å². The number of rotatable bonds is 5. The zero-order valence-corrected chi connectivity index (χ0v) is 10.2. The highest BCUT2D eigenvalue weighted by Crippen LogP contribution is 1.95. The molecule has 16 heavy (non-hydrogen) atoms. The number of ether oxygens (including phenoxy) is 1. The maximum absolute atomic E-state index is 10.9. The van der Waals surface area contributed by atoms with Crippen molar-refractivity contribution in [3.63, 3.8) is 0 Å². The maximum atomic E-state index is 10.9. The van der Waals surface area contributed by atoms with Crippen LogP contribution in [0.25, 0.3) is 0 Å². The Balaban J connectivity index is 0. The van der Waals surface area contributed by atoms with Gasteiger partial charge in [-0.05, 0) is 27.1 Å². The standard InChI is InChI=1S/C8H15NO2.C3H5NO/c1-5-11-8(10)7(2)6-9(3)4;1-2-3(4)5/h2,5-6H2,1,3-4H3;2H,1H2,(H2,4,5). The average molecular weight is 228 g/mol. The number of hydrogen-bond donors (Lipinski definition) is 1. The monoisotopic (exact) mass is 228 g/mol. The van der Waals surface area contributed by atoms with Crippen molar-refractivity contribution in [2.75, 3.05) is 27.2 Å². The summed E-state index contributed by atoms with van der Waals surface area (Å²) in [6.45, 7) is 9.42. The van der Waals surface area contributed by atoms with E-state index in [1.807, 2.05) is 19.0 Å². The molecule has 0 saturated carbocycles. The second-order valence-electron chi connectivity index (χ2n) is 3.17. The van der Waals surface area contributed by atoms with E-state index in [9.17, 15) is 9.59 Å². The lowest BCUT2D eigenvalue weighted by Crippen LogP contribution is -2.20. The SMILES string of the molecule is C=C(CN(C)C)C(=O)OCC.C=CC(N)=O. The van der Waals surface area contributed by atoms with E-state index in [2.05, 4.69) is 18.9 Å². The predicted molar refractivity (Wildman–Crippen MR) is 63.7 cm³/mol. The van der Waals surface area contributed by atoms with E-state index in [0.717, 1.165) is 6.08 Å². The number of carbonyl (C=O) groups excluding carboxylic acids is 2. The van der Waals surface area contributed by atoms with Gasteiger partial charge in [-0.15, -0.1) is 0 Å². The molecular formula is C11H20N2O3. The summed E-state index contributed by atoms with van der Waals surface area (Å²) < 4.78 is 4.74. The highest BCUT2D eigenvalue weighted by Gasteiger charge is 2.07. The van der Waals surface area contributed by atoms with Crippen molar-refractivity contribution in [1.29, 1.82) is 0 Å². The van der Waals surface area contributed by atoms with Crippen molar-refractivity contribution >= 4 is 11.9 Å². The molecule has 0 aromatic carbocycles. The molecule has 0 aromatic heterocycles. The van der Waals surface area contributed by atoms with Crippen LogP contribution in [-0.2, 0) is 14.3 Å². The third kappa shape index (κ3) is 12.4. The van der Waals surface area contributed by atoms with E-state index in [1.54, 1.807) is 6.92 Å². The molecule has 0 heterocycles. The Morgan fingerprint density at radius 1 is 1.44 bits per heavy atom. The number of nitrogens with two attached hydrogens (primary N) is 1. The van der Waals surface area contributed by atoms with E-state index < -0.39 is 5.91 Å². The van der Waals surface area contributed by atoms with Gasteiger partial charge in [0, 0.05) is 12.1 Å². The van der Waals surface area contributed by atoms with Crippen LogP contribution >= 0.6 is 0 Å². The summed E-state index contributed by atoms with van der Waals surface area (Å²) in [6.07, 6.45) is 1.06. The Morgan fingerprint density at radius 3 is 2.12 bits per heavy atom. The van der Waals surface area contributed by atoms with Crippen LogP contribution in [-0.4, -0.2) is 44.0 Å². The number of hydrogen-bond acceptors (Lipinski definition) is 4. The maximum Gasteiger partial charge on any atom is 0.334 e. The summed E-state index contributed by atoms with van der Waals surface area (Å²) in [4.78, 5) is 22.3. The van der Waals surface area contributed by atoms with Gasteiger partial charge in [-0.3, -0.25) is 4.79 Å². The number of esters is 1. The molecule has 1 amide bonds. The van der Waals surface area contributed by atoms with Crippen LogP contribution < -0.4 is 5.73 Å². The molecule has 0 unspecified atom stereocenters. The summed E-state index contributed by atoms with van der Waals surface area (Å²) in [5.74, 6) is -0.786. The number of likely N-dealkylation sites (N-methyl/N-ethyl adjacent to an activating group) is 1. The molecule has 0 radical (unpaired) electrons. The highest BCUT2D eigenvalue weighted by molar-refractivity contribution is 5.88. The first-order chi connectivity index (χ1) is 7.34. The molecule has 0 aliphatic heterocycles. The van der Waals surface area contributed by atoms with Crippen molar-refractivity contribution < 1.29 is 14.3 Å². The van der Waals surface area contributed by atoms with E-state index in [4.69, 9.17) is 4.74 Å². The van der Waals surface area contributed by atoms with Crippen molar-refractivity contribution in [3.05, 3.63) is 24.8 Å². The quantitative estimate of drug-likeness (QED) is 0.543. The van der Waals surface area contributed by atoms with Gasteiger partial charge in [-0.1, -0.05) is 13.2 Å². The molecule has 0 saturated heterocycles. The van der Waals surface area contributed by atoms with Gasteiger partial charge >= 0.3 is 5.97 Å². The van der Waals surface area contributed by atoms with Crippen LogP contribution in [0.3, 0.4) is 0 Å². The predicted octanol–water partition coefficient (Wildman–Crippen LogP) is 0.325. The summed E-state index contributed by atoms with van der Waals surface area (Å²) in [5.41, 5.74) is 5.03. The van der Waals surface area contributed by atoms with Gasteiger partial charge in [-0.2, -0.15) is 0 Å². The third-order valence-corrected chi connectivity index (χ3v) is 1.27. The molecule has 0 aromatic rings. The highest BCUT2D eigenvalue weighted by atomic mass is 16.5. The number of primary amides is 1. The average Bonchev–Trinajstić information content (AvgIpc) is 2.18. The van der Waals surface area contributed by atoms with Crippen LogP contribution in [0.15, 0.2) is 24.8 Å². The van der Waals surface area contributed by atoms with E-state index in [0.29, 0.717) is 18.7 Å². The molecule has 5 heteroatoms. The fourth-order valence-electron chi connectivity index (χ4n) is 0.679. The van der Waals surface area contributed by atoms with Crippen LogP contribution in [0.1, 0.15) is 6.92 Å². The molecule has 0 rings (SSSR count). The first-order valence-corrected chi connectivity index (χ1v) is 4.76. The van der Waals surface area contributed by atoms with Gasteiger partial charge in [0.05, 0.1) is 6.61 Å². The second-order valence-corrected chi connectivity index (χ2v) is 3.17. The Labute approximate surface area is 96.6 Å².